The minimum Gasteiger partial charge on any atom is -0.462 e. The first-order chi connectivity index (χ1) is 13.3. The van der Waals surface area contributed by atoms with Crippen molar-refractivity contribution in [3.8, 4) is 0 Å². The number of carbonyl (C=O) groups is 2. The standard InChI is InChI=1S/C24H38O4/c1-6-8-9-10-11-12-15-18-27-22(25)19-16-13-14-17-20(19)23(26)28-21(7-2)24(3,4)5/h13-14,16-17,21H,6-12,15,18H2,1-5H3. The number of ether oxygens (including phenoxy) is 2. The highest BCUT2D eigenvalue weighted by atomic mass is 16.5. The van der Waals surface area contributed by atoms with Gasteiger partial charge in [0.05, 0.1) is 17.7 Å². The van der Waals surface area contributed by atoms with Crippen molar-refractivity contribution >= 4 is 11.9 Å². The van der Waals surface area contributed by atoms with Crippen LogP contribution in [-0.4, -0.2) is 24.6 Å². The predicted molar refractivity (Wildman–Crippen MR) is 114 cm³/mol. The summed E-state index contributed by atoms with van der Waals surface area (Å²) in [6, 6.07) is 6.73. The summed E-state index contributed by atoms with van der Waals surface area (Å²) in [4.78, 5) is 25.1. The van der Waals surface area contributed by atoms with E-state index in [1.807, 2.05) is 27.7 Å². The van der Waals surface area contributed by atoms with Gasteiger partial charge in [0.25, 0.3) is 0 Å². The Morgan fingerprint density at radius 2 is 1.39 bits per heavy atom. The van der Waals surface area contributed by atoms with E-state index in [0.29, 0.717) is 6.61 Å². The van der Waals surface area contributed by atoms with Crippen LogP contribution in [0.1, 0.15) is 107 Å². The van der Waals surface area contributed by atoms with Crippen molar-refractivity contribution in [2.45, 2.75) is 92.1 Å². The lowest BCUT2D eigenvalue weighted by Crippen LogP contribution is -2.31. The van der Waals surface area contributed by atoms with E-state index in [0.717, 1.165) is 19.3 Å². The number of benzene rings is 1. The summed E-state index contributed by atoms with van der Waals surface area (Å²) in [6.45, 7) is 10.7. The maximum absolute atomic E-state index is 12.7. The summed E-state index contributed by atoms with van der Waals surface area (Å²) in [5, 5.41) is 0. The third-order valence-corrected chi connectivity index (χ3v) is 4.93. The second kappa shape index (κ2) is 12.6. The van der Waals surface area contributed by atoms with Gasteiger partial charge in [-0.2, -0.15) is 0 Å². The molecule has 4 heteroatoms. The average molecular weight is 391 g/mol. The van der Waals surface area contributed by atoms with E-state index in [-0.39, 0.29) is 22.6 Å². The van der Waals surface area contributed by atoms with Crippen LogP contribution in [0.15, 0.2) is 24.3 Å². The van der Waals surface area contributed by atoms with E-state index in [1.54, 1.807) is 24.3 Å². The summed E-state index contributed by atoms with van der Waals surface area (Å²) >= 11 is 0. The number of carbonyl (C=O) groups excluding carboxylic acids is 2. The Hall–Kier alpha value is -1.84. The molecule has 1 unspecified atom stereocenters. The maximum Gasteiger partial charge on any atom is 0.339 e. The highest BCUT2D eigenvalue weighted by Crippen LogP contribution is 2.26. The zero-order valence-electron chi connectivity index (χ0n) is 18.4. The smallest absolute Gasteiger partial charge is 0.339 e. The van der Waals surface area contributed by atoms with Crippen LogP contribution in [0, 0.1) is 5.41 Å². The molecule has 0 aromatic heterocycles. The van der Waals surface area contributed by atoms with Crippen LogP contribution in [0.4, 0.5) is 0 Å². The molecular weight excluding hydrogens is 352 g/mol. The monoisotopic (exact) mass is 390 g/mol. The van der Waals surface area contributed by atoms with Crippen molar-refractivity contribution < 1.29 is 19.1 Å². The van der Waals surface area contributed by atoms with Gasteiger partial charge in [0.2, 0.25) is 0 Å². The quantitative estimate of drug-likeness (QED) is 0.299. The van der Waals surface area contributed by atoms with Crippen LogP contribution in [0.25, 0.3) is 0 Å². The number of hydrogen-bond acceptors (Lipinski definition) is 4. The van der Waals surface area contributed by atoms with Crippen LogP contribution in [0.3, 0.4) is 0 Å². The van der Waals surface area contributed by atoms with E-state index >= 15 is 0 Å². The Morgan fingerprint density at radius 3 is 1.93 bits per heavy atom. The van der Waals surface area contributed by atoms with E-state index < -0.39 is 11.9 Å². The zero-order chi connectivity index (χ0) is 21.0. The van der Waals surface area contributed by atoms with Gasteiger partial charge in [-0.3, -0.25) is 0 Å². The Balaban J connectivity index is 2.58. The molecule has 28 heavy (non-hydrogen) atoms. The van der Waals surface area contributed by atoms with Gasteiger partial charge in [0.15, 0.2) is 0 Å². The second-order valence-electron chi connectivity index (χ2n) is 8.47. The van der Waals surface area contributed by atoms with Crippen molar-refractivity contribution in [3.63, 3.8) is 0 Å². The molecule has 0 amide bonds. The fourth-order valence-corrected chi connectivity index (χ4v) is 3.21. The summed E-state index contributed by atoms with van der Waals surface area (Å²) in [7, 11) is 0. The van der Waals surface area contributed by atoms with Crippen molar-refractivity contribution in [3.05, 3.63) is 35.4 Å². The minimum atomic E-state index is -0.467. The molecule has 0 N–H and O–H groups in total. The van der Waals surface area contributed by atoms with Crippen molar-refractivity contribution in [1.82, 2.24) is 0 Å². The van der Waals surface area contributed by atoms with Crippen LogP contribution in [0.5, 0.6) is 0 Å². The first-order valence-corrected chi connectivity index (χ1v) is 10.8. The zero-order valence-corrected chi connectivity index (χ0v) is 18.4. The molecule has 0 aliphatic heterocycles. The third kappa shape index (κ3) is 8.45. The average Bonchev–Trinajstić information content (AvgIpc) is 2.66. The molecule has 0 heterocycles. The van der Waals surface area contributed by atoms with E-state index in [2.05, 4.69) is 6.92 Å². The molecule has 4 nitrogen and oxygen atoms in total. The molecule has 0 spiro atoms. The molecular formula is C24H38O4. The van der Waals surface area contributed by atoms with E-state index in [9.17, 15) is 9.59 Å². The Labute approximate surface area is 171 Å². The molecule has 0 aliphatic rings. The molecule has 1 aromatic carbocycles. The molecule has 0 aliphatic carbocycles. The van der Waals surface area contributed by atoms with Crippen molar-refractivity contribution in [2.75, 3.05) is 6.61 Å². The Bertz CT molecular complexity index is 601. The van der Waals surface area contributed by atoms with Crippen molar-refractivity contribution in [2.24, 2.45) is 5.41 Å². The lowest BCUT2D eigenvalue weighted by Gasteiger charge is -2.29. The number of unbranched alkanes of at least 4 members (excludes halogenated alkanes) is 6. The number of rotatable bonds is 12. The van der Waals surface area contributed by atoms with Gasteiger partial charge < -0.3 is 9.47 Å². The van der Waals surface area contributed by atoms with Crippen LogP contribution < -0.4 is 0 Å². The highest BCUT2D eigenvalue weighted by Gasteiger charge is 2.28. The van der Waals surface area contributed by atoms with Gasteiger partial charge >= 0.3 is 11.9 Å². The van der Waals surface area contributed by atoms with Crippen LogP contribution in [-0.2, 0) is 9.47 Å². The molecule has 1 rings (SSSR count). The molecule has 0 radical (unpaired) electrons. The third-order valence-electron chi connectivity index (χ3n) is 4.93. The Morgan fingerprint density at radius 1 is 0.857 bits per heavy atom. The van der Waals surface area contributed by atoms with Gasteiger partial charge in [-0.05, 0) is 30.4 Å². The number of hydrogen-bond donors (Lipinski definition) is 0. The SMILES string of the molecule is CCCCCCCCCOC(=O)c1ccccc1C(=O)OC(CC)C(C)(C)C. The minimum absolute atomic E-state index is 0.156. The topological polar surface area (TPSA) is 52.6 Å². The Kier molecular flexibility index (Phi) is 10.9. The largest absolute Gasteiger partial charge is 0.462 e. The van der Waals surface area contributed by atoms with Gasteiger partial charge in [0.1, 0.15) is 6.10 Å². The summed E-state index contributed by atoms with van der Waals surface area (Å²) in [5.74, 6) is -0.924. The molecule has 1 atom stereocenters. The maximum atomic E-state index is 12.7. The van der Waals surface area contributed by atoms with Gasteiger partial charge in [-0.15, -0.1) is 0 Å². The summed E-state index contributed by atoms with van der Waals surface area (Å²) in [5.41, 5.74) is 0.394. The fourth-order valence-electron chi connectivity index (χ4n) is 3.21. The van der Waals surface area contributed by atoms with E-state index in [4.69, 9.17) is 9.47 Å². The second-order valence-corrected chi connectivity index (χ2v) is 8.47. The van der Waals surface area contributed by atoms with Gasteiger partial charge in [0, 0.05) is 0 Å². The van der Waals surface area contributed by atoms with Crippen molar-refractivity contribution in [1.29, 1.82) is 0 Å². The molecule has 0 fully saturated rings. The first-order valence-electron chi connectivity index (χ1n) is 10.8. The van der Waals surface area contributed by atoms with E-state index in [1.165, 1.54) is 32.1 Å². The molecule has 1 aromatic rings. The molecule has 0 bridgehead atoms. The molecule has 158 valence electrons. The fraction of sp³-hybridized carbons (Fsp3) is 0.667. The predicted octanol–water partition coefficient (Wildman–Crippen LogP) is 6.58. The lowest BCUT2D eigenvalue weighted by molar-refractivity contribution is -0.00437. The number of esters is 2. The van der Waals surface area contributed by atoms with Crippen LogP contribution in [0.2, 0.25) is 0 Å². The van der Waals surface area contributed by atoms with Crippen LogP contribution >= 0.6 is 0 Å². The molecule has 0 saturated carbocycles. The summed E-state index contributed by atoms with van der Waals surface area (Å²) in [6.07, 6.45) is 8.64. The normalized spacial score (nSPS) is 12.5. The highest BCUT2D eigenvalue weighted by molar-refractivity contribution is 6.03. The lowest BCUT2D eigenvalue weighted by atomic mass is 9.87. The molecule has 0 saturated heterocycles. The van der Waals surface area contributed by atoms with Gasteiger partial charge in [-0.1, -0.05) is 85.3 Å². The summed E-state index contributed by atoms with van der Waals surface area (Å²) < 4.78 is 11.1. The first kappa shape index (κ1) is 24.2. The van der Waals surface area contributed by atoms with Gasteiger partial charge in [-0.25, -0.2) is 9.59 Å².